The third kappa shape index (κ3) is 11.5. The predicted octanol–water partition coefficient (Wildman–Crippen LogP) is 4.34. The van der Waals surface area contributed by atoms with Crippen molar-refractivity contribution in [3.63, 3.8) is 0 Å². The Labute approximate surface area is 111 Å². The van der Waals surface area contributed by atoms with Crippen LogP contribution < -0.4 is 0 Å². The van der Waals surface area contributed by atoms with Gasteiger partial charge >= 0.3 is 5.97 Å². The summed E-state index contributed by atoms with van der Waals surface area (Å²) in [5.41, 5.74) is 0.250. The topological polar surface area (TPSA) is 46.5 Å². The number of ether oxygens (including phenoxy) is 1. The number of carboxylic acids is 1. The Kier molecular flexibility index (Phi) is 11.8. The van der Waals surface area contributed by atoms with Gasteiger partial charge in [0.05, 0.1) is 18.4 Å². The van der Waals surface area contributed by atoms with Gasteiger partial charge in [-0.1, -0.05) is 58.3 Å². The molecule has 0 amide bonds. The summed E-state index contributed by atoms with van der Waals surface area (Å²) in [6, 6.07) is 0. The highest BCUT2D eigenvalue weighted by Crippen LogP contribution is 2.09. The second kappa shape index (κ2) is 12.5. The largest absolute Gasteiger partial charge is 0.501 e. The van der Waals surface area contributed by atoms with Gasteiger partial charge in [0.25, 0.3) is 0 Å². The Hall–Kier alpha value is -0.990. The quantitative estimate of drug-likeness (QED) is 0.320. The van der Waals surface area contributed by atoms with E-state index in [1.165, 1.54) is 51.7 Å². The van der Waals surface area contributed by atoms with Crippen molar-refractivity contribution in [2.45, 2.75) is 64.7 Å². The fraction of sp³-hybridized carbons (Fsp3) is 0.733. The molecule has 0 unspecified atom stereocenters. The first-order valence-corrected chi connectivity index (χ1v) is 6.99. The molecule has 0 saturated carbocycles. The fourth-order valence-electron chi connectivity index (χ4n) is 1.66. The van der Waals surface area contributed by atoms with Gasteiger partial charge in [-0.15, -0.1) is 0 Å². The van der Waals surface area contributed by atoms with E-state index in [-0.39, 0.29) is 5.57 Å². The highest BCUT2D eigenvalue weighted by Gasteiger charge is 1.98. The summed E-state index contributed by atoms with van der Waals surface area (Å²) < 4.78 is 5.17. The minimum Gasteiger partial charge on any atom is -0.501 e. The molecule has 1 N–H and O–H groups in total. The number of aliphatic carboxylic acids is 1. The molecule has 0 bridgehead atoms. The van der Waals surface area contributed by atoms with Gasteiger partial charge in [-0.05, 0) is 13.3 Å². The maximum atomic E-state index is 10.5. The molecular formula is C15H27O3. The van der Waals surface area contributed by atoms with Crippen molar-refractivity contribution in [3.8, 4) is 0 Å². The van der Waals surface area contributed by atoms with E-state index in [1.54, 1.807) is 0 Å². The van der Waals surface area contributed by atoms with E-state index in [4.69, 9.17) is 9.84 Å². The maximum absolute atomic E-state index is 10.5. The highest BCUT2D eigenvalue weighted by molar-refractivity contribution is 5.85. The van der Waals surface area contributed by atoms with Crippen LogP contribution in [0.25, 0.3) is 0 Å². The fourth-order valence-corrected chi connectivity index (χ4v) is 1.66. The molecule has 0 aromatic carbocycles. The molecule has 1 radical (unpaired) electrons. The summed E-state index contributed by atoms with van der Waals surface area (Å²) in [5.74, 6) is -0.919. The smallest absolute Gasteiger partial charge is 0.334 e. The third-order valence-corrected chi connectivity index (χ3v) is 2.86. The normalized spacial score (nSPS) is 11.6. The van der Waals surface area contributed by atoms with E-state index in [0.29, 0.717) is 6.61 Å². The zero-order chi connectivity index (χ0) is 13.6. The van der Waals surface area contributed by atoms with Crippen molar-refractivity contribution in [2.75, 3.05) is 6.61 Å². The van der Waals surface area contributed by atoms with Crippen LogP contribution in [0.1, 0.15) is 64.7 Å². The monoisotopic (exact) mass is 255 g/mol. The second-order valence-corrected chi connectivity index (χ2v) is 4.66. The molecule has 0 aliphatic heterocycles. The van der Waals surface area contributed by atoms with Crippen LogP contribution in [0.5, 0.6) is 0 Å². The average molecular weight is 255 g/mol. The lowest BCUT2D eigenvalue weighted by Gasteiger charge is -2.03. The van der Waals surface area contributed by atoms with Crippen LogP contribution in [-0.2, 0) is 9.53 Å². The molecule has 0 rings (SSSR count). The van der Waals surface area contributed by atoms with E-state index in [0.717, 1.165) is 19.3 Å². The van der Waals surface area contributed by atoms with Crippen LogP contribution in [0.3, 0.4) is 0 Å². The Morgan fingerprint density at radius 2 is 1.56 bits per heavy atom. The lowest BCUT2D eigenvalue weighted by Crippen LogP contribution is -1.97. The summed E-state index contributed by atoms with van der Waals surface area (Å²) in [6.07, 6.45) is 12.3. The molecule has 0 aliphatic rings. The van der Waals surface area contributed by atoms with E-state index in [1.807, 2.05) is 0 Å². The molecule has 0 spiro atoms. The first-order chi connectivity index (χ1) is 8.68. The molecule has 0 aromatic rings. The molecule has 0 saturated heterocycles. The summed E-state index contributed by atoms with van der Waals surface area (Å²) in [5, 5.41) is 8.59. The first-order valence-electron chi connectivity index (χ1n) is 6.99. The zero-order valence-corrected chi connectivity index (χ0v) is 11.6. The van der Waals surface area contributed by atoms with Crippen LogP contribution in [0, 0.1) is 6.92 Å². The Morgan fingerprint density at radius 3 is 2.06 bits per heavy atom. The van der Waals surface area contributed by atoms with Crippen molar-refractivity contribution < 1.29 is 14.6 Å². The molecule has 0 aliphatic carbocycles. The van der Waals surface area contributed by atoms with Crippen LogP contribution in [0.4, 0.5) is 0 Å². The van der Waals surface area contributed by atoms with E-state index in [9.17, 15) is 4.79 Å². The number of hydrogen-bond acceptors (Lipinski definition) is 2. The molecular weight excluding hydrogens is 228 g/mol. The van der Waals surface area contributed by atoms with Crippen molar-refractivity contribution in [2.24, 2.45) is 0 Å². The molecule has 3 heteroatoms. The number of rotatable bonds is 12. The zero-order valence-electron chi connectivity index (χ0n) is 11.6. The van der Waals surface area contributed by atoms with Crippen LogP contribution in [0.2, 0.25) is 0 Å². The lowest BCUT2D eigenvalue weighted by molar-refractivity contribution is -0.132. The molecule has 0 atom stereocenters. The summed E-state index contributed by atoms with van der Waals surface area (Å²) in [7, 11) is 0. The van der Waals surface area contributed by atoms with Gasteiger partial charge in [-0.3, -0.25) is 0 Å². The van der Waals surface area contributed by atoms with Crippen LogP contribution >= 0.6 is 0 Å². The minimum atomic E-state index is -0.919. The molecule has 0 heterocycles. The first kappa shape index (κ1) is 17.0. The minimum absolute atomic E-state index is 0.250. The van der Waals surface area contributed by atoms with Gasteiger partial charge in [-0.25, -0.2) is 4.79 Å². The number of hydrogen-bond donors (Lipinski definition) is 1. The van der Waals surface area contributed by atoms with Crippen molar-refractivity contribution >= 4 is 5.97 Å². The second-order valence-electron chi connectivity index (χ2n) is 4.66. The van der Waals surface area contributed by atoms with Crippen LogP contribution in [0.15, 0.2) is 11.8 Å². The standard InChI is InChI=1S/C15H27O3/c1-3-4-5-6-7-8-9-10-11-12-18-13-14(2)15(16)17/h13H,1,3-12H2,2H3,(H,16,17). The highest BCUT2D eigenvalue weighted by atomic mass is 16.5. The Morgan fingerprint density at radius 1 is 1.06 bits per heavy atom. The molecule has 3 nitrogen and oxygen atoms in total. The molecule has 18 heavy (non-hydrogen) atoms. The van der Waals surface area contributed by atoms with E-state index >= 15 is 0 Å². The summed E-state index contributed by atoms with van der Waals surface area (Å²) in [6.45, 7) is 5.98. The number of carbonyl (C=O) groups is 1. The SMILES string of the molecule is [CH2]CCCCCCCCCCOC=C(C)C(=O)O. The maximum Gasteiger partial charge on any atom is 0.334 e. The van der Waals surface area contributed by atoms with Gasteiger partial charge in [0, 0.05) is 0 Å². The average Bonchev–Trinajstić information content (AvgIpc) is 2.35. The summed E-state index contributed by atoms with van der Waals surface area (Å²) in [4.78, 5) is 10.5. The van der Waals surface area contributed by atoms with Gasteiger partial charge < -0.3 is 9.84 Å². The van der Waals surface area contributed by atoms with Crippen molar-refractivity contribution in [1.82, 2.24) is 0 Å². The summed E-state index contributed by atoms with van der Waals surface area (Å²) >= 11 is 0. The van der Waals surface area contributed by atoms with Crippen LogP contribution in [-0.4, -0.2) is 17.7 Å². The van der Waals surface area contributed by atoms with Gasteiger partial charge in [0.2, 0.25) is 0 Å². The van der Waals surface area contributed by atoms with Crippen molar-refractivity contribution in [1.29, 1.82) is 0 Å². The van der Waals surface area contributed by atoms with Gasteiger partial charge in [0.15, 0.2) is 0 Å². The van der Waals surface area contributed by atoms with Crippen molar-refractivity contribution in [3.05, 3.63) is 18.8 Å². The Balaban J connectivity index is 3.17. The number of carboxylic acid groups (broad SMARTS) is 1. The molecule has 0 aromatic heterocycles. The Bertz CT molecular complexity index is 234. The van der Waals surface area contributed by atoms with E-state index < -0.39 is 5.97 Å². The van der Waals surface area contributed by atoms with Gasteiger partial charge in [-0.2, -0.15) is 0 Å². The third-order valence-electron chi connectivity index (χ3n) is 2.86. The number of unbranched alkanes of at least 4 members (excludes halogenated alkanes) is 8. The van der Waals surface area contributed by atoms with Gasteiger partial charge in [0.1, 0.15) is 0 Å². The van der Waals surface area contributed by atoms with E-state index in [2.05, 4.69) is 6.92 Å². The lowest BCUT2D eigenvalue weighted by atomic mass is 10.1. The molecule has 105 valence electrons. The predicted molar refractivity (Wildman–Crippen MR) is 74.3 cm³/mol. The molecule has 0 fully saturated rings.